The molecule has 3 atom stereocenters. The van der Waals surface area contributed by atoms with Crippen LogP contribution >= 0.6 is 9.39 Å². The fraction of sp³-hybridized carbons (Fsp3) is 1.00. The van der Waals surface area contributed by atoms with Gasteiger partial charge < -0.3 is 0 Å². The summed E-state index contributed by atoms with van der Waals surface area (Å²) in [5.41, 5.74) is 0.463. The number of nitrogens with zero attached hydrogens (tertiary/aromatic N) is 1. The predicted molar refractivity (Wildman–Crippen MR) is 35.1 cm³/mol. The molecule has 0 aromatic heterocycles. The fourth-order valence-electron chi connectivity index (χ4n) is 0.719. The number of rotatable bonds is 0. The standard InChI is InChI=1S/C5H12NP/c1-4-5(2,3)6(4)7/h4H,7H2,1-3H3. The third-order valence-corrected chi connectivity index (χ3v) is 3.15. The molecule has 1 nitrogen and oxygen atoms in total. The smallest absolute Gasteiger partial charge is 0.0344 e. The minimum absolute atomic E-state index is 0.463. The van der Waals surface area contributed by atoms with E-state index < -0.39 is 0 Å². The summed E-state index contributed by atoms with van der Waals surface area (Å²) in [5, 5.41) is 0. The van der Waals surface area contributed by atoms with E-state index in [1.807, 2.05) is 0 Å². The zero-order valence-electron chi connectivity index (χ0n) is 5.10. The van der Waals surface area contributed by atoms with E-state index in [0.717, 1.165) is 6.04 Å². The van der Waals surface area contributed by atoms with Crippen LogP contribution in [0.1, 0.15) is 20.8 Å². The Morgan fingerprint density at radius 2 is 1.71 bits per heavy atom. The average Bonchev–Trinajstić information content (AvgIpc) is 1.91. The minimum atomic E-state index is 0.463. The highest BCUT2D eigenvalue weighted by atomic mass is 31.0. The van der Waals surface area contributed by atoms with Gasteiger partial charge in [0.2, 0.25) is 0 Å². The average molecular weight is 117 g/mol. The van der Waals surface area contributed by atoms with E-state index in [9.17, 15) is 0 Å². The molecule has 0 saturated carbocycles. The van der Waals surface area contributed by atoms with Crippen LogP contribution in [0.4, 0.5) is 0 Å². The number of hydrogen-bond donors (Lipinski definition) is 0. The van der Waals surface area contributed by atoms with Gasteiger partial charge in [0, 0.05) is 11.6 Å². The van der Waals surface area contributed by atoms with Crippen LogP contribution in [0.3, 0.4) is 0 Å². The quantitative estimate of drug-likeness (QED) is 0.341. The Morgan fingerprint density at radius 3 is 1.71 bits per heavy atom. The maximum atomic E-state index is 2.71. The van der Waals surface area contributed by atoms with Crippen molar-refractivity contribution in [3.05, 3.63) is 0 Å². The first-order chi connectivity index (χ1) is 3.07. The van der Waals surface area contributed by atoms with Gasteiger partial charge in [-0.25, -0.2) is 0 Å². The molecule has 42 valence electrons. The normalized spacial score (nSPS) is 46.3. The molecule has 0 aromatic rings. The van der Waals surface area contributed by atoms with E-state index in [4.69, 9.17) is 0 Å². The summed E-state index contributed by atoms with van der Waals surface area (Å²) in [6.45, 7) is 6.71. The van der Waals surface area contributed by atoms with Gasteiger partial charge in [-0.2, -0.15) is 0 Å². The Hall–Kier alpha value is 0.390. The van der Waals surface area contributed by atoms with Crippen molar-refractivity contribution in [2.75, 3.05) is 0 Å². The first kappa shape index (κ1) is 5.53. The van der Waals surface area contributed by atoms with Gasteiger partial charge in [0.15, 0.2) is 0 Å². The van der Waals surface area contributed by atoms with E-state index in [1.165, 1.54) is 0 Å². The molecule has 1 rings (SSSR count). The van der Waals surface area contributed by atoms with E-state index >= 15 is 0 Å². The molecule has 3 unspecified atom stereocenters. The van der Waals surface area contributed by atoms with Crippen LogP contribution in [-0.4, -0.2) is 16.3 Å². The highest BCUT2D eigenvalue weighted by Crippen LogP contribution is 2.42. The maximum Gasteiger partial charge on any atom is 0.0344 e. The molecular formula is C5H12NP. The summed E-state index contributed by atoms with van der Waals surface area (Å²) in [7, 11) is 2.71. The second kappa shape index (κ2) is 1.21. The molecule has 1 heterocycles. The lowest BCUT2D eigenvalue weighted by molar-refractivity contribution is 0.663. The molecule has 0 bridgehead atoms. The molecule has 0 N–H and O–H groups in total. The third-order valence-electron chi connectivity index (χ3n) is 2.04. The predicted octanol–water partition coefficient (Wildman–Crippen LogP) is 1.26. The van der Waals surface area contributed by atoms with Gasteiger partial charge in [-0.15, -0.1) is 0 Å². The van der Waals surface area contributed by atoms with Gasteiger partial charge in [0.05, 0.1) is 0 Å². The second-order valence-corrected chi connectivity index (χ2v) is 3.29. The van der Waals surface area contributed by atoms with Gasteiger partial charge in [0.25, 0.3) is 0 Å². The SMILES string of the molecule is CC1N(P)C1(C)C. The zero-order chi connectivity index (χ0) is 5.65. The van der Waals surface area contributed by atoms with Crippen molar-refractivity contribution < 1.29 is 0 Å². The van der Waals surface area contributed by atoms with Crippen molar-refractivity contribution in [1.82, 2.24) is 4.67 Å². The monoisotopic (exact) mass is 117 g/mol. The molecule has 1 saturated heterocycles. The highest BCUT2D eigenvalue weighted by Gasteiger charge is 2.49. The molecule has 0 aromatic carbocycles. The topological polar surface area (TPSA) is 3.01 Å². The van der Waals surface area contributed by atoms with E-state index in [-0.39, 0.29) is 0 Å². The molecular weight excluding hydrogens is 105 g/mol. The van der Waals surface area contributed by atoms with Crippen molar-refractivity contribution in [3.63, 3.8) is 0 Å². The van der Waals surface area contributed by atoms with E-state index in [1.54, 1.807) is 0 Å². The first-order valence-electron chi connectivity index (χ1n) is 2.61. The van der Waals surface area contributed by atoms with Crippen molar-refractivity contribution in [2.24, 2.45) is 0 Å². The lowest BCUT2D eigenvalue weighted by Crippen LogP contribution is -2.00. The molecule has 0 amide bonds. The molecule has 0 radical (unpaired) electrons. The van der Waals surface area contributed by atoms with Crippen molar-refractivity contribution in [1.29, 1.82) is 0 Å². The molecule has 7 heavy (non-hydrogen) atoms. The van der Waals surface area contributed by atoms with Gasteiger partial charge in [-0.3, -0.25) is 4.67 Å². The van der Waals surface area contributed by atoms with Crippen molar-refractivity contribution in [2.45, 2.75) is 32.4 Å². The van der Waals surface area contributed by atoms with E-state index in [2.05, 4.69) is 34.8 Å². The third kappa shape index (κ3) is 0.595. The Labute approximate surface area is 47.3 Å². The summed E-state index contributed by atoms with van der Waals surface area (Å²) in [4.78, 5) is 0. The van der Waals surface area contributed by atoms with Crippen LogP contribution in [0.15, 0.2) is 0 Å². The van der Waals surface area contributed by atoms with Crippen molar-refractivity contribution in [3.8, 4) is 0 Å². The fourth-order valence-corrected chi connectivity index (χ4v) is 1.23. The van der Waals surface area contributed by atoms with Crippen LogP contribution in [0.25, 0.3) is 0 Å². The maximum absolute atomic E-state index is 2.71. The van der Waals surface area contributed by atoms with Crippen LogP contribution in [0, 0.1) is 0 Å². The lowest BCUT2D eigenvalue weighted by atomic mass is 10.2. The first-order valence-corrected chi connectivity index (χ1v) is 3.12. The second-order valence-electron chi connectivity index (χ2n) is 2.74. The van der Waals surface area contributed by atoms with Crippen LogP contribution < -0.4 is 0 Å². The number of hydrogen-bond acceptors (Lipinski definition) is 1. The van der Waals surface area contributed by atoms with Crippen LogP contribution in [0.2, 0.25) is 0 Å². The Balaban J connectivity index is 2.52. The molecule has 0 spiro atoms. The summed E-state index contributed by atoms with van der Waals surface area (Å²) in [6, 6.07) is 0.762. The highest BCUT2D eigenvalue weighted by molar-refractivity contribution is 7.14. The Bertz CT molecular complexity index is 80.1. The van der Waals surface area contributed by atoms with E-state index in [0.29, 0.717) is 5.54 Å². The molecule has 1 aliphatic heterocycles. The lowest BCUT2D eigenvalue weighted by Gasteiger charge is -1.93. The Morgan fingerprint density at radius 1 is 1.57 bits per heavy atom. The van der Waals surface area contributed by atoms with Crippen molar-refractivity contribution >= 4 is 9.39 Å². The van der Waals surface area contributed by atoms with Crippen LogP contribution in [0.5, 0.6) is 0 Å². The summed E-state index contributed by atoms with van der Waals surface area (Å²) >= 11 is 0. The summed E-state index contributed by atoms with van der Waals surface area (Å²) in [5.74, 6) is 0. The van der Waals surface area contributed by atoms with Gasteiger partial charge in [0.1, 0.15) is 0 Å². The molecule has 1 fully saturated rings. The zero-order valence-corrected chi connectivity index (χ0v) is 6.26. The molecule has 0 aliphatic carbocycles. The molecule has 2 heteroatoms. The van der Waals surface area contributed by atoms with Crippen LogP contribution in [-0.2, 0) is 0 Å². The van der Waals surface area contributed by atoms with Gasteiger partial charge >= 0.3 is 0 Å². The summed E-state index contributed by atoms with van der Waals surface area (Å²) in [6.07, 6.45) is 0. The molecule has 1 aliphatic rings. The van der Waals surface area contributed by atoms with Gasteiger partial charge in [-0.1, -0.05) is 9.39 Å². The largest absolute Gasteiger partial charge is 0.276 e. The van der Waals surface area contributed by atoms with Gasteiger partial charge in [-0.05, 0) is 20.8 Å². The Kier molecular flexibility index (Phi) is 0.955. The minimum Gasteiger partial charge on any atom is -0.276 e. The summed E-state index contributed by atoms with van der Waals surface area (Å²) < 4.78 is 2.27.